The fourth-order valence-corrected chi connectivity index (χ4v) is 5.48. The van der Waals surface area contributed by atoms with Crippen molar-refractivity contribution < 1.29 is 39.1 Å². The second kappa shape index (κ2) is 4.09. The third-order valence-corrected chi connectivity index (χ3v) is 6.88. The van der Waals surface area contributed by atoms with Crippen LogP contribution in [0.1, 0.15) is 12.8 Å². The summed E-state index contributed by atoms with van der Waals surface area (Å²) in [4.78, 5) is 0. The maximum absolute atomic E-state index is 13.1. The van der Waals surface area contributed by atoms with Gasteiger partial charge in [0.25, 0.3) is 10.1 Å². The zero-order chi connectivity index (χ0) is 14.9. The summed E-state index contributed by atoms with van der Waals surface area (Å²) in [5, 5.41) is -5.04. The zero-order valence-corrected chi connectivity index (χ0v) is 11.6. The minimum atomic E-state index is -5.56. The molecule has 3 rings (SSSR count). The van der Waals surface area contributed by atoms with Gasteiger partial charge in [0.15, 0.2) is 0 Å². The Morgan fingerprint density at radius 1 is 1.35 bits per heavy atom. The van der Waals surface area contributed by atoms with E-state index in [4.69, 9.17) is 13.5 Å². The molecule has 0 aromatic heterocycles. The summed E-state index contributed by atoms with van der Waals surface area (Å²) < 4.78 is 88.5. The van der Waals surface area contributed by atoms with Crippen molar-refractivity contribution >= 4 is 20.2 Å². The molecule has 0 radical (unpaired) electrons. The Labute approximate surface area is 114 Å². The Morgan fingerprint density at radius 2 is 2.00 bits per heavy atom. The molecule has 1 saturated heterocycles. The van der Waals surface area contributed by atoms with Crippen LogP contribution in [-0.2, 0) is 29.2 Å². The first kappa shape index (κ1) is 14.6. The molecular formula is C9H12F2O7S2. The van der Waals surface area contributed by atoms with Crippen molar-refractivity contribution in [3.05, 3.63) is 0 Å². The molecule has 0 aromatic carbocycles. The van der Waals surface area contributed by atoms with E-state index in [0.717, 1.165) is 0 Å². The van der Waals surface area contributed by atoms with Gasteiger partial charge in [-0.3, -0.25) is 8.74 Å². The first-order valence-electron chi connectivity index (χ1n) is 5.91. The highest BCUT2D eigenvalue weighted by Crippen LogP contribution is 2.55. The number of hydrogen-bond donors (Lipinski definition) is 1. The third-order valence-electron chi connectivity index (χ3n) is 4.24. The summed E-state index contributed by atoms with van der Waals surface area (Å²) in [7, 11) is -9.24. The van der Waals surface area contributed by atoms with Gasteiger partial charge < -0.3 is 4.74 Å². The molecule has 0 spiro atoms. The summed E-state index contributed by atoms with van der Waals surface area (Å²) in [5.74, 6) is -0.529. The molecule has 11 heteroatoms. The van der Waals surface area contributed by atoms with Gasteiger partial charge in [-0.2, -0.15) is 25.6 Å². The molecule has 5 atom stereocenters. The van der Waals surface area contributed by atoms with E-state index in [9.17, 15) is 25.6 Å². The fraction of sp³-hybridized carbons (Fsp3) is 1.00. The highest BCUT2D eigenvalue weighted by atomic mass is 32.2. The lowest BCUT2D eigenvalue weighted by atomic mass is 9.94. The molecule has 0 amide bonds. The predicted octanol–water partition coefficient (Wildman–Crippen LogP) is -0.0108. The van der Waals surface area contributed by atoms with Crippen molar-refractivity contribution in [2.75, 3.05) is 6.61 Å². The van der Waals surface area contributed by atoms with Crippen LogP contribution in [0, 0.1) is 11.8 Å². The Hall–Kier alpha value is -0.360. The molecule has 2 bridgehead atoms. The van der Waals surface area contributed by atoms with Gasteiger partial charge >= 0.3 is 15.4 Å². The van der Waals surface area contributed by atoms with E-state index in [1.807, 2.05) is 0 Å². The third kappa shape index (κ3) is 1.98. The van der Waals surface area contributed by atoms with Gasteiger partial charge in [-0.25, -0.2) is 0 Å². The summed E-state index contributed by atoms with van der Waals surface area (Å²) in [5.41, 5.74) is 0. The maximum atomic E-state index is 13.1. The smallest absolute Gasteiger partial charge is 0.368 e. The van der Waals surface area contributed by atoms with Crippen molar-refractivity contribution in [2.45, 2.75) is 35.6 Å². The van der Waals surface area contributed by atoms with Gasteiger partial charge in [0.1, 0.15) is 12.7 Å². The fourth-order valence-electron chi connectivity index (χ4n) is 3.38. The Kier molecular flexibility index (Phi) is 2.98. The molecule has 7 nitrogen and oxygen atoms in total. The Balaban J connectivity index is 1.73. The summed E-state index contributed by atoms with van der Waals surface area (Å²) in [6.07, 6.45) is -0.954. The van der Waals surface area contributed by atoms with Crippen molar-refractivity contribution in [3.8, 4) is 0 Å². The van der Waals surface area contributed by atoms with Crippen LogP contribution >= 0.6 is 0 Å². The number of fused-ring (bicyclic) bond motifs is 1. The number of hydrogen-bond acceptors (Lipinski definition) is 6. The number of rotatable bonds is 4. The average Bonchev–Trinajstić information content (AvgIpc) is 2.86. The van der Waals surface area contributed by atoms with Crippen molar-refractivity contribution in [3.63, 3.8) is 0 Å². The second-order valence-corrected chi connectivity index (χ2v) is 8.71. The van der Waals surface area contributed by atoms with Gasteiger partial charge in [0.2, 0.25) is 0 Å². The number of alkyl halides is 2. The number of halogens is 2. The average molecular weight is 334 g/mol. The van der Waals surface area contributed by atoms with Gasteiger partial charge in [-0.05, 0) is 18.8 Å². The van der Waals surface area contributed by atoms with E-state index in [1.54, 1.807) is 0 Å². The Morgan fingerprint density at radius 3 is 2.60 bits per heavy atom. The van der Waals surface area contributed by atoms with E-state index in [-0.39, 0.29) is 18.3 Å². The predicted molar refractivity (Wildman–Crippen MR) is 60.0 cm³/mol. The first-order valence-corrected chi connectivity index (χ1v) is 8.83. The van der Waals surface area contributed by atoms with E-state index < -0.39 is 49.6 Å². The summed E-state index contributed by atoms with van der Waals surface area (Å²) in [6.45, 7) is -1.52. The van der Waals surface area contributed by atoms with E-state index in [2.05, 4.69) is 0 Å². The molecule has 20 heavy (non-hydrogen) atoms. The highest BCUT2D eigenvalue weighted by molar-refractivity contribution is 7.87. The second-order valence-electron chi connectivity index (χ2n) is 5.38. The highest BCUT2D eigenvalue weighted by Gasteiger charge is 2.65. The topological polar surface area (TPSA) is 107 Å². The van der Waals surface area contributed by atoms with Crippen molar-refractivity contribution in [1.82, 2.24) is 0 Å². The molecule has 116 valence electrons. The van der Waals surface area contributed by atoms with Crippen LogP contribution < -0.4 is 0 Å². The Bertz CT molecular complexity index is 629. The van der Waals surface area contributed by atoms with Crippen molar-refractivity contribution in [1.29, 1.82) is 0 Å². The van der Waals surface area contributed by atoms with E-state index in [1.165, 1.54) is 0 Å². The van der Waals surface area contributed by atoms with Gasteiger partial charge in [-0.1, -0.05) is 0 Å². The lowest BCUT2D eigenvalue weighted by Gasteiger charge is -2.26. The molecule has 1 heterocycles. The summed E-state index contributed by atoms with van der Waals surface area (Å²) in [6, 6.07) is 0. The van der Waals surface area contributed by atoms with E-state index in [0.29, 0.717) is 6.42 Å². The van der Waals surface area contributed by atoms with E-state index >= 15 is 0 Å². The van der Waals surface area contributed by atoms with Crippen LogP contribution in [0.5, 0.6) is 0 Å². The minimum absolute atomic E-state index is 0.246. The molecule has 1 N–H and O–H groups in total. The lowest BCUT2D eigenvalue weighted by molar-refractivity contribution is -0.0935. The first-order chi connectivity index (χ1) is 9.03. The molecule has 1 aliphatic heterocycles. The van der Waals surface area contributed by atoms with Crippen LogP contribution in [-0.4, -0.2) is 50.7 Å². The van der Waals surface area contributed by atoms with Gasteiger partial charge in [0.05, 0.1) is 11.4 Å². The normalized spacial score (nSPS) is 42.2. The maximum Gasteiger partial charge on any atom is 0.392 e. The molecule has 0 aromatic rings. The lowest BCUT2D eigenvalue weighted by Crippen LogP contribution is -2.41. The van der Waals surface area contributed by atoms with Crippen LogP contribution in [0.15, 0.2) is 0 Å². The largest absolute Gasteiger partial charge is 0.392 e. The molecule has 5 unspecified atom stereocenters. The van der Waals surface area contributed by atoms with Crippen molar-refractivity contribution in [2.24, 2.45) is 11.8 Å². The minimum Gasteiger partial charge on any atom is -0.368 e. The molecule has 3 fully saturated rings. The molecular weight excluding hydrogens is 322 g/mol. The zero-order valence-electron chi connectivity index (χ0n) is 9.98. The quantitative estimate of drug-likeness (QED) is 0.569. The SMILES string of the molecule is O=S1(=O)OC2C3CC(CC31)C2OCC(F)(F)S(=O)(=O)O. The standard InChI is InChI=1S/C9H12F2O7S2/c10-9(11,20(14,15)16)3-17-7-4-1-5-6(2-4)19(12,13)18-8(5)7/h4-8H,1-3H2,(H,14,15,16). The number of ether oxygens (including phenoxy) is 1. The molecule has 3 aliphatic rings. The van der Waals surface area contributed by atoms with Crippen LogP contribution in [0.2, 0.25) is 0 Å². The molecule has 2 aliphatic carbocycles. The summed E-state index contributed by atoms with van der Waals surface area (Å²) >= 11 is 0. The van der Waals surface area contributed by atoms with Crippen LogP contribution in [0.25, 0.3) is 0 Å². The van der Waals surface area contributed by atoms with Crippen LogP contribution in [0.4, 0.5) is 8.78 Å². The van der Waals surface area contributed by atoms with Gasteiger partial charge in [0, 0.05) is 5.92 Å². The van der Waals surface area contributed by atoms with Gasteiger partial charge in [-0.15, -0.1) is 0 Å². The monoisotopic (exact) mass is 334 g/mol. The molecule has 2 saturated carbocycles. The van der Waals surface area contributed by atoms with Crippen LogP contribution in [0.3, 0.4) is 0 Å².